The monoisotopic (exact) mass is 253 g/mol. The predicted molar refractivity (Wildman–Crippen MR) is 73.6 cm³/mol. The highest BCUT2D eigenvalue weighted by Gasteiger charge is 2.30. The first-order valence-corrected chi connectivity index (χ1v) is 7.49. The molecule has 0 aromatic heterocycles. The van der Waals surface area contributed by atoms with Crippen LogP contribution in [0.5, 0.6) is 0 Å². The molecule has 4 heteroatoms. The van der Waals surface area contributed by atoms with Crippen molar-refractivity contribution in [1.82, 2.24) is 15.1 Å². The lowest BCUT2D eigenvalue weighted by atomic mass is 9.94. The van der Waals surface area contributed by atoms with Crippen molar-refractivity contribution in [1.29, 1.82) is 0 Å². The second-order valence-corrected chi connectivity index (χ2v) is 5.71. The molecule has 2 aliphatic rings. The molecule has 18 heavy (non-hydrogen) atoms. The van der Waals surface area contributed by atoms with Gasteiger partial charge in [0.1, 0.15) is 0 Å². The molecule has 0 spiro atoms. The van der Waals surface area contributed by atoms with Crippen LogP contribution in [0.4, 0.5) is 4.79 Å². The first-order chi connectivity index (χ1) is 8.72. The van der Waals surface area contributed by atoms with Crippen LogP contribution >= 0.6 is 0 Å². The minimum atomic E-state index is 0.275. The first kappa shape index (κ1) is 13.7. The molecule has 0 aliphatic carbocycles. The maximum absolute atomic E-state index is 12.4. The van der Waals surface area contributed by atoms with Crippen LogP contribution in [0.3, 0.4) is 0 Å². The molecule has 2 saturated heterocycles. The van der Waals surface area contributed by atoms with E-state index in [1.807, 2.05) is 4.90 Å². The minimum Gasteiger partial charge on any atom is -0.325 e. The number of amides is 2. The van der Waals surface area contributed by atoms with Gasteiger partial charge in [0, 0.05) is 32.2 Å². The van der Waals surface area contributed by atoms with E-state index in [9.17, 15) is 4.79 Å². The summed E-state index contributed by atoms with van der Waals surface area (Å²) in [4.78, 5) is 16.5. The Balaban J connectivity index is 1.85. The van der Waals surface area contributed by atoms with Gasteiger partial charge in [-0.2, -0.15) is 0 Å². The number of likely N-dealkylation sites (tertiary alicyclic amines) is 2. The van der Waals surface area contributed by atoms with Crippen LogP contribution in [0.2, 0.25) is 0 Å². The lowest BCUT2D eigenvalue weighted by molar-refractivity contribution is 0.112. The average molecular weight is 253 g/mol. The van der Waals surface area contributed by atoms with Crippen LogP contribution in [-0.4, -0.2) is 54.6 Å². The number of rotatable bonds is 2. The zero-order valence-corrected chi connectivity index (χ0v) is 11.8. The van der Waals surface area contributed by atoms with Crippen molar-refractivity contribution in [3.05, 3.63) is 0 Å². The van der Waals surface area contributed by atoms with Crippen molar-refractivity contribution >= 4 is 6.03 Å². The smallest absolute Gasteiger partial charge is 0.320 e. The van der Waals surface area contributed by atoms with E-state index in [0.29, 0.717) is 12.0 Å². The molecule has 2 unspecified atom stereocenters. The van der Waals surface area contributed by atoms with E-state index in [0.717, 1.165) is 39.1 Å². The fourth-order valence-corrected chi connectivity index (χ4v) is 3.17. The Bertz CT molecular complexity index is 276. The van der Waals surface area contributed by atoms with Crippen LogP contribution in [0, 0.1) is 5.92 Å². The minimum absolute atomic E-state index is 0.275. The van der Waals surface area contributed by atoms with E-state index >= 15 is 0 Å². The van der Waals surface area contributed by atoms with E-state index in [1.54, 1.807) is 0 Å². The summed E-state index contributed by atoms with van der Waals surface area (Å²) in [5, 5.41) is 3.52. The zero-order valence-electron chi connectivity index (χ0n) is 11.8. The van der Waals surface area contributed by atoms with Crippen LogP contribution in [0.1, 0.15) is 39.5 Å². The molecule has 2 aliphatic heterocycles. The summed E-state index contributed by atoms with van der Waals surface area (Å²) in [5.41, 5.74) is 0. The number of urea groups is 1. The largest absolute Gasteiger partial charge is 0.325 e. The van der Waals surface area contributed by atoms with Gasteiger partial charge >= 0.3 is 6.03 Å². The summed E-state index contributed by atoms with van der Waals surface area (Å²) in [6.07, 6.45) is 4.72. The van der Waals surface area contributed by atoms with Crippen molar-refractivity contribution in [3.63, 3.8) is 0 Å². The molecule has 0 bridgehead atoms. The molecule has 2 fully saturated rings. The van der Waals surface area contributed by atoms with Gasteiger partial charge in [-0.3, -0.25) is 0 Å². The van der Waals surface area contributed by atoms with Gasteiger partial charge in [0.2, 0.25) is 0 Å². The van der Waals surface area contributed by atoms with Gasteiger partial charge < -0.3 is 15.1 Å². The Morgan fingerprint density at radius 2 is 1.89 bits per heavy atom. The van der Waals surface area contributed by atoms with Crippen LogP contribution < -0.4 is 5.32 Å². The van der Waals surface area contributed by atoms with Crippen LogP contribution in [0.25, 0.3) is 0 Å². The topological polar surface area (TPSA) is 35.6 Å². The second kappa shape index (κ2) is 6.41. The Kier molecular flexibility index (Phi) is 4.87. The number of piperidine rings is 2. The summed E-state index contributed by atoms with van der Waals surface area (Å²) in [6, 6.07) is 0.858. The highest BCUT2D eigenvalue weighted by Crippen LogP contribution is 2.19. The zero-order chi connectivity index (χ0) is 13.0. The molecule has 0 radical (unpaired) electrons. The van der Waals surface area contributed by atoms with Crippen molar-refractivity contribution in [2.75, 3.05) is 32.7 Å². The van der Waals surface area contributed by atoms with Gasteiger partial charge in [0.15, 0.2) is 0 Å². The Labute approximate surface area is 111 Å². The molecule has 4 nitrogen and oxygen atoms in total. The van der Waals surface area contributed by atoms with Gasteiger partial charge in [-0.1, -0.05) is 13.8 Å². The van der Waals surface area contributed by atoms with Crippen LogP contribution in [0.15, 0.2) is 0 Å². The Hall–Kier alpha value is -0.770. The summed E-state index contributed by atoms with van der Waals surface area (Å²) in [6.45, 7) is 9.17. The summed E-state index contributed by atoms with van der Waals surface area (Å²) in [7, 11) is 0. The molecule has 2 rings (SSSR count). The van der Waals surface area contributed by atoms with Crippen molar-refractivity contribution in [3.8, 4) is 0 Å². The number of nitrogens with zero attached hydrogens (tertiary/aromatic N) is 2. The van der Waals surface area contributed by atoms with Gasteiger partial charge in [-0.15, -0.1) is 0 Å². The van der Waals surface area contributed by atoms with E-state index < -0.39 is 0 Å². The number of hydrogen-bond acceptors (Lipinski definition) is 2. The molecule has 0 saturated carbocycles. The third kappa shape index (κ3) is 3.16. The number of nitrogens with one attached hydrogen (secondary N) is 1. The molecular weight excluding hydrogens is 226 g/mol. The molecule has 2 heterocycles. The molecular formula is C14H27N3O. The molecule has 0 aromatic carbocycles. The van der Waals surface area contributed by atoms with Crippen molar-refractivity contribution in [2.45, 2.75) is 45.6 Å². The van der Waals surface area contributed by atoms with Crippen LogP contribution in [-0.2, 0) is 0 Å². The number of carbonyl (C=O) groups excluding carboxylic acids is 1. The average Bonchev–Trinajstić information content (AvgIpc) is 2.41. The van der Waals surface area contributed by atoms with Gasteiger partial charge in [-0.25, -0.2) is 4.79 Å². The summed E-state index contributed by atoms with van der Waals surface area (Å²) < 4.78 is 0. The Morgan fingerprint density at radius 3 is 2.50 bits per heavy atom. The van der Waals surface area contributed by atoms with Gasteiger partial charge in [0.05, 0.1) is 0 Å². The molecule has 0 aromatic rings. The lowest BCUT2D eigenvalue weighted by Crippen LogP contribution is -2.54. The number of carbonyl (C=O) groups is 1. The lowest BCUT2D eigenvalue weighted by Gasteiger charge is -2.40. The third-order valence-corrected chi connectivity index (χ3v) is 4.27. The van der Waals surface area contributed by atoms with E-state index in [-0.39, 0.29) is 6.03 Å². The maximum atomic E-state index is 12.4. The quantitative estimate of drug-likeness (QED) is 0.816. The van der Waals surface area contributed by atoms with Crippen molar-refractivity contribution < 1.29 is 4.79 Å². The fraction of sp³-hybridized carbons (Fsp3) is 0.929. The van der Waals surface area contributed by atoms with Crippen molar-refractivity contribution in [2.24, 2.45) is 5.92 Å². The molecule has 2 atom stereocenters. The second-order valence-electron chi connectivity index (χ2n) is 5.71. The van der Waals surface area contributed by atoms with E-state index in [2.05, 4.69) is 24.1 Å². The van der Waals surface area contributed by atoms with E-state index in [1.165, 1.54) is 19.3 Å². The molecule has 1 N–H and O–H groups in total. The highest BCUT2D eigenvalue weighted by molar-refractivity contribution is 5.74. The Morgan fingerprint density at radius 1 is 1.17 bits per heavy atom. The normalized spacial score (nSPS) is 29.4. The fourth-order valence-electron chi connectivity index (χ4n) is 3.17. The SMILES string of the molecule is CCNC1CCN(C(=O)N2CCCCC2)CC1C. The highest BCUT2D eigenvalue weighted by atomic mass is 16.2. The summed E-state index contributed by atoms with van der Waals surface area (Å²) in [5.74, 6) is 0.562. The third-order valence-electron chi connectivity index (χ3n) is 4.27. The molecule has 2 amide bonds. The standard InChI is InChI=1S/C14H27N3O/c1-3-15-13-7-10-17(11-12(13)2)14(18)16-8-5-4-6-9-16/h12-13,15H,3-11H2,1-2H3. The van der Waals surface area contributed by atoms with E-state index in [4.69, 9.17) is 0 Å². The van der Waals surface area contributed by atoms with Gasteiger partial charge in [0.25, 0.3) is 0 Å². The first-order valence-electron chi connectivity index (χ1n) is 7.49. The predicted octanol–water partition coefficient (Wildman–Crippen LogP) is 1.91. The van der Waals surface area contributed by atoms with Gasteiger partial charge in [-0.05, 0) is 38.1 Å². The maximum Gasteiger partial charge on any atom is 0.320 e. The number of hydrogen-bond donors (Lipinski definition) is 1. The molecule has 104 valence electrons. The summed E-state index contributed by atoms with van der Waals surface area (Å²) >= 11 is 0.